The van der Waals surface area contributed by atoms with Crippen molar-refractivity contribution in [1.29, 1.82) is 0 Å². The maximum absolute atomic E-state index is 10.4. The Labute approximate surface area is 94.0 Å². The number of aliphatic hydroxyl groups is 1. The monoisotopic (exact) mass is 230 g/mol. The first-order valence-electron chi connectivity index (χ1n) is 5.50. The first kappa shape index (κ1) is 12.9. The number of carbonyl (C=O) groups is 2. The first-order valence-corrected chi connectivity index (χ1v) is 5.50. The highest BCUT2D eigenvalue weighted by molar-refractivity contribution is 5.87. The van der Waals surface area contributed by atoms with Crippen LogP contribution in [0, 0.1) is 0 Å². The lowest BCUT2D eigenvalue weighted by Gasteiger charge is -2.16. The number of carbonyl (C=O) groups excluding carboxylic acids is 1. The van der Waals surface area contributed by atoms with Gasteiger partial charge in [0, 0.05) is 13.0 Å². The number of aliphatic carboxylic acids is 1. The highest BCUT2D eigenvalue weighted by atomic mass is 16.4. The Morgan fingerprint density at radius 1 is 1.38 bits per heavy atom. The molecule has 2 saturated heterocycles. The van der Waals surface area contributed by atoms with Gasteiger partial charge in [0.25, 0.3) is 0 Å². The van der Waals surface area contributed by atoms with Gasteiger partial charge in [-0.15, -0.1) is 0 Å². The average molecular weight is 230 g/mol. The summed E-state index contributed by atoms with van der Waals surface area (Å²) in [6.45, 7) is 1.87. The molecule has 0 aromatic heterocycles. The molecule has 2 aliphatic rings. The van der Waals surface area contributed by atoms with Gasteiger partial charge in [-0.2, -0.15) is 0 Å². The van der Waals surface area contributed by atoms with Crippen LogP contribution in [0.1, 0.15) is 25.7 Å². The minimum atomic E-state index is -0.944. The quantitative estimate of drug-likeness (QED) is 0.467. The van der Waals surface area contributed by atoms with Crippen LogP contribution in [-0.4, -0.2) is 47.3 Å². The Morgan fingerprint density at radius 2 is 2.12 bits per heavy atom. The third-order valence-electron chi connectivity index (χ3n) is 2.56. The van der Waals surface area contributed by atoms with Gasteiger partial charge in [0.15, 0.2) is 0 Å². The second-order valence-electron chi connectivity index (χ2n) is 4.00. The minimum Gasteiger partial charge on any atom is -0.480 e. The zero-order valence-corrected chi connectivity index (χ0v) is 9.11. The van der Waals surface area contributed by atoms with E-state index in [1.54, 1.807) is 0 Å². The maximum Gasteiger partial charge on any atom is 0.326 e. The number of carboxylic acids is 1. The number of aliphatic hydroxyl groups excluding tert-OH is 1. The zero-order valence-electron chi connectivity index (χ0n) is 9.11. The smallest absolute Gasteiger partial charge is 0.326 e. The number of β-amino-alcohol motifs (C(OH)–C–C–N with tert-alkyl or cyclic N) is 1. The molecule has 2 heterocycles. The molecule has 4 N–H and O–H groups in total. The van der Waals surface area contributed by atoms with Gasteiger partial charge in [0.2, 0.25) is 5.91 Å². The van der Waals surface area contributed by atoms with Crippen LogP contribution >= 0.6 is 0 Å². The van der Waals surface area contributed by atoms with Crippen molar-refractivity contribution in [3.05, 3.63) is 0 Å². The van der Waals surface area contributed by atoms with Gasteiger partial charge in [-0.05, 0) is 25.8 Å². The van der Waals surface area contributed by atoms with E-state index in [0.29, 0.717) is 12.8 Å². The van der Waals surface area contributed by atoms with Crippen LogP contribution in [0.3, 0.4) is 0 Å². The number of amides is 1. The molecule has 2 rings (SSSR count). The predicted octanol–water partition coefficient (Wildman–Crippen LogP) is -0.920. The zero-order chi connectivity index (χ0) is 12.0. The molecule has 0 aromatic carbocycles. The van der Waals surface area contributed by atoms with Gasteiger partial charge in [-0.25, -0.2) is 4.79 Å². The van der Waals surface area contributed by atoms with Crippen molar-refractivity contribution in [3.8, 4) is 0 Å². The lowest BCUT2D eigenvalue weighted by atomic mass is 10.1. The average Bonchev–Trinajstić information content (AvgIpc) is 2.67. The summed E-state index contributed by atoms with van der Waals surface area (Å²) in [6.07, 6.45) is 2.80. The van der Waals surface area contributed by atoms with Crippen molar-refractivity contribution in [2.75, 3.05) is 13.1 Å². The fraction of sp³-hybridized carbons (Fsp3) is 0.800. The van der Waals surface area contributed by atoms with Crippen LogP contribution in [-0.2, 0) is 9.59 Å². The lowest BCUT2D eigenvalue weighted by Crippen LogP contribution is -2.33. The van der Waals surface area contributed by atoms with E-state index in [9.17, 15) is 9.59 Å². The largest absolute Gasteiger partial charge is 0.480 e. The lowest BCUT2D eigenvalue weighted by molar-refractivity contribution is -0.140. The van der Waals surface area contributed by atoms with Gasteiger partial charge < -0.3 is 20.8 Å². The third kappa shape index (κ3) is 4.59. The summed E-state index contributed by atoms with van der Waals surface area (Å²) in [5.41, 5.74) is 0. The fourth-order valence-electron chi connectivity index (χ4n) is 1.63. The third-order valence-corrected chi connectivity index (χ3v) is 2.56. The molecule has 1 unspecified atom stereocenters. The van der Waals surface area contributed by atoms with Crippen LogP contribution in [0.25, 0.3) is 0 Å². The second kappa shape index (κ2) is 6.44. The number of hydrogen-bond donors (Lipinski definition) is 4. The molecule has 0 bridgehead atoms. The molecule has 0 radical (unpaired) electrons. The summed E-state index contributed by atoms with van der Waals surface area (Å²) in [6, 6.07) is -0.641. The second-order valence-corrected chi connectivity index (χ2v) is 4.00. The number of rotatable bonds is 1. The Kier molecular flexibility index (Phi) is 5.21. The molecule has 16 heavy (non-hydrogen) atoms. The Bertz CT molecular complexity index is 251. The highest BCUT2D eigenvalue weighted by Crippen LogP contribution is 2.05. The van der Waals surface area contributed by atoms with Crippen LogP contribution in [0.15, 0.2) is 0 Å². The minimum absolute atomic E-state index is 0.0752. The molecule has 2 fully saturated rings. The number of nitrogens with one attached hydrogen (secondary N) is 2. The van der Waals surface area contributed by atoms with Crippen molar-refractivity contribution in [2.45, 2.75) is 37.8 Å². The molecule has 2 aliphatic heterocycles. The summed E-state index contributed by atoms with van der Waals surface area (Å²) in [4.78, 5) is 20.5. The van der Waals surface area contributed by atoms with Gasteiger partial charge in [0.05, 0.1) is 6.10 Å². The Balaban J connectivity index is 0.000000165. The molecule has 0 saturated carbocycles. The summed E-state index contributed by atoms with van der Waals surface area (Å²) in [7, 11) is 0. The Hall–Kier alpha value is -1.14. The molecule has 1 amide bonds. The van der Waals surface area contributed by atoms with Crippen molar-refractivity contribution in [2.24, 2.45) is 0 Å². The highest BCUT2D eigenvalue weighted by Gasteiger charge is 2.26. The summed E-state index contributed by atoms with van der Waals surface area (Å²) >= 11 is 0. The molecule has 0 aromatic rings. The summed E-state index contributed by atoms with van der Waals surface area (Å²) in [5, 5.41) is 22.6. The molecule has 2 atom stereocenters. The molecular weight excluding hydrogens is 212 g/mol. The van der Waals surface area contributed by atoms with E-state index >= 15 is 0 Å². The van der Waals surface area contributed by atoms with Crippen LogP contribution in [0.2, 0.25) is 0 Å². The first-order chi connectivity index (χ1) is 7.59. The van der Waals surface area contributed by atoms with Crippen molar-refractivity contribution in [3.63, 3.8) is 0 Å². The van der Waals surface area contributed by atoms with Gasteiger partial charge >= 0.3 is 5.97 Å². The Morgan fingerprint density at radius 3 is 2.38 bits per heavy atom. The fourth-order valence-corrected chi connectivity index (χ4v) is 1.63. The molecule has 92 valence electrons. The van der Waals surface area contributed by atoms with Crippen LogP contribution in [0.5, 0.6) is 0 Å². The maximum atomic E-state index is 10.4. The van der Waals surface area contributed by atoms with E-state index in [4.69, 9.17) is 10.2 Å². The van der Waals surface area contributed by atoms with Crippen LogP contribution in [0.4, 0.5) is 0 Å². The van der Waals surface area contributed by atoms with Crippen LogP contribution < -0.4 is 10.6 Å². The molecule has 6 nitrogen and oxygen atoms in total. The molecule has 0 spiro atoms. The predicted molar refractivity (Wildman–Crippen MR) is 56.9 cm³/mol. The SMILES string of the molecule is O=C1CC[C@H](C(=O)O)N1.OC1CCCNC1. The van der Waals surface area contributed by atoms with Crippen molar-refractivity contribution in [1.82, 2.24) is 10.6 Å². The standard InChI is InChI=1S/C5H7NO3.C5H11NO/c7-4-2-1-3(6-4)5(8)9;7-5-2-1-3-6-4-5/h3H,1-2H2,(H,6,7)(H,8,9);5-7H,1-4H2/t3-;/m1./s1. The van der Waals surface area contributed by atoms with Gasteiger partial charge in [-0.1, -0.05) is 0 Å². The number of hydrogen-bond acceptors (Lipinski definition) is 4. The van der Waals surface area contributed by atoms with E-state index in [0.717, 1.165) is 25.9 Å². The number of carboxylic acid groups (broad SMARTS) is 1. The molecule has 0 aliphatic carbocycles. The van der Waals surface area contributed by atoms with Crippen molar-refractivity contribution >= 4 is 11.9 Å². The van der Waals surface area contributed by atoms with Crippen molar-refractivity contribution < 1.29 is 19.8 Å². The van der Waals surface area contributed by atoms with Gasteiger partial charge in [-0.3, -0.25) is 4.79 Å². The topological polar surface area (TPSA) is 98.7 Å². The van der Waals surface area contributed by atoms with E-state index in [2.05, 4.69) is 10.6 Å². The van der Waals surface area contributed by atoms with E-state index in [1.807, 2.05) is 0 Å². The molecular formula is C10H18N2O4. The molecule has 6 heteroatoms. The summed E-state index contributed by atoms with van der Waals surface area (Å²) in [5.74, 6) is -1.11. The summed E-state index contributed by atoms with van der Waals surface area (Å²) < 4.78 is 0. The van der Waals surface area contributed by atoms with E-state index in [-0.39, 0.29) is 12.0 Å². The number of piperidine rings is 1. The van der Waals surface area contributed by atoms with E-state index < -0.39 is 12.0 Å². The van der Waals surface area contributed by atoms with E-state index in [1.165, 1.54) is 0 Å². The normalized spacial score (nSPS) is 28.9. The van der Waals surface area contributed by atoms with Gasteiger partial charge in [0.1, 0.15) is 6.04 Å².